The smallest absolute Gasteiger partial charge is 0.274 e. The van der Waals surface area contributed by atoms with Crippen LogP contribution < -0.4 is 10.3 Å². The van der Waals surface area contributed by atoms with Crippen molar-refractivity contribution in [2.75, 3.05) is 18.0 Å². The molecular weight excluding hydrogens is 302 g/mol. The van der Waals surface area contributed by atoms with Gasteiger partial charge in [-0.2, -0.15) is 5.10 Å². The minimum atomic E-state index is -0.272. The van der Waals surface area contributed by atoms with Crippen LogP contribution in [-0.2, 0) is 0 Å². The number of amides is 1. The number of nitrogens with one attached hydrogen (secondary N) is 1. The largest absolute Gasteiger partial charge is 0.469 e. The second-order valence-corrected chi connectivity index (χ2v) is 5.67. The predicted molar refractivity (Wildman–Crippen MR) is 97.7 cm³/mol. The third-order valence-corrected chi connectivity index (χ3v) is 3.73. The Morgan fingerprint density at radius 1 is 1.17 bits per heavy atom. The summed E-state index contributed by atoms with van der Waals surface area (Å²) >= 11 is 0. The van der Waals surface area contributed by atoms with E-state index in [-0.39, 0.29) is 5.91 Å². The first-order valence-corrected chi connectivity index (χ1v) is 8.38. The average molecular weight is 327 g/mol. The number of hydrogen-bond donors (Lipinski definition) is 1. The van der Waals surface area contributed by atoms with Crippen LogP contribution in [0.25, 0.3) is 0 Å². The van der Waals surface area contributed by atoms with Crippen molar-refractivity contribution < 1.29 is 9.21 Å². The Balaban J connectivity index is 1.95. The van der Waals surface area contributed by atoms with E-state index in [4.69, 9.17) is 4.42 Å². The number of hydrazone groups is 1. The molecule has 0 saturated heterocycles. The molecule has 0 aliphatic rings. The van der Waals surface area contributed by atoms with Crippen molar-refractivity contribution in [1.29, 1.82) is 0 Å². The van der Waals surface area contributed by atoms with Crippen molar-refractivity contribution >= 4 is 17.8 Å². The van der Waals surface area contributed by atoms with E-state index in [1.165, 1.54) is 12.0 Å². The molecule has 0 bridgehead atoms. The number of carbonyl (C=O) groups is 1. The molecule has 1 aromatic heterocycles. The molecule has 128 valence electrons. The van der Waals surface area contributed by atoms with Gasteiger partial charge < -0.3 is 9.32 Å². The Hall–Kier alpha value is -2.56. The Bertz CT molecular complexity index is 668. The van der Waals surface area contributed by atoms with Crippen molar-refractivity contribution in [3.63, 3.8) is 0 Å². The number of furan rings is 1. The molecule has 0 fully saturated rings. The van der Waals surface area contributed by atoms with Gasteiger partial charge in [0.2, 0.25) is 0 Å². The lowest BCUT2D eigenvalue weighted by Crippen LogP contribution is -2.24. The summed E-state index contributed by atoms with van der Waals surface area (Å²) in [5.74, 6) is 0.310. The highest BCUT2D eigenvalue weighted by molar-refractivity contribution is 5.95. The van der Waals surface area contributed by atoms with Crippen molar-refractivity contribution in [3.8, 4) is 0 Å². The number of benzene rings is 1. The molecule has 0 saturated carbocycles. The van der Waals surface area contributed by atoms with Crippen LogP contribution in [0.3, 0.4) is 0 Å². The van der Waals surface area contributed by atoms with Crippen LogP contribution in [-0.4, -0.2) is 25.2 Å². The van der Waals surface area contributed by atoms with Gasteiger partial charge >= 0.3 is 0 Å². The number of aryl methyl sites for hydroxylation is 1. The lowest BCUT2D eigenvalue weighted by Gasteiger charge is -2.23. The molecule has 2 rings (SSSR count). The molecule has 5 nitrogen and oxygen atoms in total. The molecule has 1 heterocycles. The van der Waals surface area contributed by atoms with Gasteiger partial charge in [-0.1, -0.05) is 26.0 Å². The van der Waals surface area contributed by atoms with E-state index < -0.39 is 0 Å². The van der Waals surface area contributed by atoms with Gasteiger partial charge in [0.1, 0.15) is 5.76 Å². The van der Waals surface area contributed by atoms with Crippen LogP contribution in [0.15, 0.2) is 46.1 Å². The van der Waals surface area contributed by atoms with E-state index in [0.29, 0.717) is 11.3 Å². The first-order chi connectivity index (χ1) is 11.7. The summed E-state index contributed by atoms with van der Waals surface area (Å²) < 4.78 is 5.11. The third kappa shape index (κ3) is 4.72. The summed E-state index contributed by atoms with van der Waals surface area (Å²) in [5, 5.41) is 4.01. The van der Waals surface area contributed by atoms with E-state index in [1.807, 2.05) is 12.1 Å². The fourth-order valence-electron chi connectivity index (χ4n) is 2.53. The molecule has 1 N–H and O–H groups in total. The van der Waals surface area contributed by atoms with Crippen LogP contribution in [0.2, 0.25) is 0 Å². The van der Waals surface area contributed by atoms with Crippen LogP contribution in [0.4, 0.5) is 5.69 Å². The molecule has 0 atom stereocenters. The van der Waals surface area contributed by atoms with E-state index in [0.717, 1.165) is 31.5 Å². The van der Waals surface area contributed by atoms with Gasteiger partial charge in [-0.25, -0.2) is 5.43 Å². The zero-order chi connectivity index (χ0) is 17.4. The fraction of sp³-hybridized carbons (Fsp3) is 0.368. The monoisotopic (exact) mass is 327 g/mol. The summed E-state index contributed by atoms with van der Waals surface area (Å²) in [6.45, 7) is 8.24. The summed E-state index contributed by atoms with van der Waals surface area (Å²) in [6, 6.07) is 9.83. The van der Waals surface area contributed by atoms with Gasteiger partial charge in [-0.3, -0.25) is 4.79 Å². The lowest BCUT2D eigenvalue weighted by molar-refractivity contribution is 0.0953. The first kappa shape index (κ1) is 17.8. The SMILES string of the molecule is CCCN(CCC)c1ccc(/C=N\NC(=O)c2ccoc2C)cc1. The minimum absolute atomic E-state index is 0.272. The Morgan fingerprint density at radius 3 is 2.38 bits per heavy atom. The van der Waals surface area contributed by atoms with Gasteiger partial charge in [-0.15, -0.1) is 0 Å². The highest BCUT2D eigenvalue weighted by Gasteiger charge is 2.09. The lowest BCUT2D eigenvalue weighted by atomic mass is 10.2. The van der Waals surface area contributed by atoms with Crippen molar-refractivity contribution in [2.24, 2.45) is 5.10 Å². The molecule has 0 aliphatic carbocycles. The number of rotatable bonds is 8. The summed E-state index contributed by atoms with van der Waals surface area (Å²) in [6.07, 6.45) is 5.39. The second kappa shape index (κ2) is 8.91. The normalized spacial score (nSPS) is 11.0. The van der Waals surface area contributed by atoms with Crippen LogP contribution in [0, 0.1) is 6.92 Å². The topological polar surface area (TPSA) is 57.8 Å². The first-order valence-electron chi connectivity index (χ1n) is 8.38. The van der Waals surface area contributed by atoms with Crippen LogP contribution in [0.5, 0.6) is 0 Å². The summed E-state index contributed by atoms with van der Waals surface area (Å²) in [7, 11) is 0. The van der Waals surface area contributed by atoms with E-state index >= 15 is 0 Å². The molecule has 5 heteroatoms. The maximum absolute atomic E-state index is 11.9. The number of anilines is 1. The molecule has 0 spiro atoms. The maximum atomic E-state index is 11.9. The van der Waals surface area contributed by atoms with Gasteiger partial charge in [-0.05, 0) is 43.5 Å². The number of nitrogens with zero attached hydrogens (tertiary/aromatic N) is 2. The van der Waals surface area contributed by atoms with Gasteiger partial charge in [0, 0.05) is 18.8 Å². The molecule has 1 amide bonds. The van der Waals surface area contributed by atoms with Gasteiger partial charge in [0.15, 0.2) is 0 Å². The van der Waals surface area contributed by atoms with Crippen molar-refractivity contribution in [1.82, 2.24) is 5.43 Å². The van der Waals surface area contributed by atoms with Crippen molar-refractivity contribution in [3.05, 3.63) is 53.5 Å². The molecular formula is C19H25N3O2. The standard InChI is InChI=1S/C19H25N3O2/c1-4-11-22(12-5-2)17-8-6-16(7-9-17)14-20-21-19(23)18-10-13-24-15(18)3/h6-10,13-14H,4-5,11-12H2,1-3H3,(H,21,23)/b20-14-. The fourth-order valence-corrected chi connectivity index (χ4v) is 2.53. The number of carbonyl (C=O) groups excluding carboxylic acids is 1. The Kier molecular flexibility index (Phi) is 6.61. The summed E-state index contributed by atoms with van der Waals surface area (Å²) in [5.41, 5.74) is 5.17. The quantitative estimate of drug-likeness (QED) is 0.589. The van der Waals surface area contributed by atoms with E-state index in [1.54, 1.807) is 19.2 Å². The maximum Gasteiger partial charge on any atom is 0.274 e. The molecule has 0 aliphatic heterocycles. The van der Waals surface area contributed by atoms with E-state index in [9.17, 15) is 4.79 Å². The van der Waals surface area contributed by atoms with Crippen LogP contribution >= 0.6 is 0 Å². The van der Waals surface area contributed by atoms with E-state index in [2.05, 4.69) is 41.4 Å². The second-order valence-electron chi connectivity index (χ2n) is 5.67. The van der Waals surface area contributed by atoms with Gasteiger partial charge in [0.25, 0.3) is 5.91 Å². The summed E-state index contributed by atoms with van der Waals surface area (Å²) in [4.78, 5) is 14.3. The Morgan fingerprint density at radius 2 is 1.83 bits per heavy atom. The third-order valence-electron chi connectivity index (χ3n) is 3.73. The zero-order valence-corrected chi connectivity index (χ0v) is 14.6. The molecule has 0 radical (unpaired) electrons. The predicted octanol–water partition coefficient (Wildman–Crippen LogP) is 3.98. The molecule has 24 heavy (non-hydrogen) atoms. The Labute approximate surface area is 143 Å². The average Bonchev–Trinajstić information content (AvgIpc) is 3.01. The number of hydrogen-bond acceptors (Lipinski definition) is 4. The molecule has 1 aromatic carbocycles. The zero-order valence-electron chi connectivity index (χ0n) is 14.6. The van der Waals surface area contributed by atoms with Crippen molar-refractivity contribution in [2.45, 2.75) is 33.6 Å². The highest BCUT2D eigenvalue weighted by atomic mass is 16.3. The van der Waals surface area contributed by atoms with Gasteiger partial charge in [0.05, 0.1) is 18.0 Å². The minimum Gasteiger partial charge on any atom is -0.469 e. The molecule has 0 unspecified atom stereocenters. The highest BCUT2D eigenvalue weighted by Crippen LogP contribution is 2.15. The molecule has 2 aromatic rings. The van der Waals surface area contributed by atoms with Crippen LogP contribution in [0.1, 0.15) is 48.4 Å².